The first-order chi connectivity index (χ1) is 14.1. The number of carbonyl (C=O) groups excluding carboxylic acids is 2. The summed E-state index contributed by atoms with van der Waals surface area (Å²) >= 11 is 0. The highest BCUT2D eigenvalue weighted by Crippen LogP contribution is 2.25. The van der Waals surface area contributed by atoms with Crippen LogP contribution < -0.4 is 5.32 Å². The number of carboxylic acids is 1. The monoisotopic (exact) mass is 440 g/mol. The summed E-state index contributed by atoms with van der Waals surface area (Å²) in [6.45, 7) is 5.80. The topological polar surface area (TPSA) is 130 Å². The lowest BCUT2D eigenvalue weighted by Crippen LogP contribution is -2.44. The number of sulfonamides is 1. The average molecular weight is 441 g/mol. The number of hydrogen-bond acceptors (Lipinski definition) is 6. The van der Waals surface area contributed by atoms with Crippen LogP contribution in [-0.2, 0) is 24.3 Å². The van der Waals surface area contributed by atoms with Gasteiger partial charge in [0.05, 0.1) is 17.4 Å². The first-order valence-electron chi connectivity index (χ1n) is 9.88. The fourth-order valence-electron chi connectivity index (χ4n) is 3.26. The molecule has 1 heterocycles. The Bertz CT molecular complexity index is 873. The number of nitrogens with one attached hydrogen (secondary N) is 1. The van der Waals surface area contributed by atoms with Crippen molar-refractivity contribution in [3.8, 4) is 0 Å². The van der Waals surface area contributed by atoms with Crippen molar-refractivity contribution < 1.29 is 32.6 Å². The molecule has 1 aliphatic rings. The van der Waals surface area contributed by atoms with E-state index in [1.165, 1.54) is 28.6 Å². The summed E-state index contributed by atoms with van der Waals surface area (Å²) in [5, 5.41) is 11.6. The van der Waals surface area contributed by atoms with Crippen molar-refractivity contribution in [2.45, 2.75) is 44.6 Å². The maximum absolute atomic E-state index is 12.9. The van der Waals surface area contributed by atoms with Crippen molar-refractivity contribution in [2.24, 2.45) is 11.8 Å². The highest BCUT2D eigenvalue weighted by Gasteiger charge is 2.33. The molecule has 30 heavy (non-hydrogen) atoms. The lowest BCUT2D eigenvalue weighted by molar-refractivity contribution is -0.149. The van der Waals surface area contributed by atoms with Gasteiger partial charge in [0.15, 0.2) is 0 Å². The Kier molecular flexibility index (Phi) is 7.96. The molecule has 1 amide bonds. The van der Waals surface area contributed by atoms with E-state index >= 15 is 0 Å². The Morgan fingerprint density at radius 3 is 2.20 bits per heavy atom. The van der Waals surface area contributed by atoms with Crippen molar-refractivity contribution in [1.29, 1.82) is 0 Å². The van der Waals surface area contributed by atoms with Gasteiger partial charge in [-0.25, -0.2) is 13.2 Å². The van der Waals surface area contributed by atoms with E-state index in [2.05, 4.69) is 5.32 Å². The summed E-state index contributed by atoms with van der Waals surface area (Å²) < 4.78 is 32.0. The third-order valence-corrected chi connectivity index (χ3v) is 6.96. The zero-order chi connectivity index (χ0) is 22.5. The van der Waals surface area contributed by atoms with Crippen LogP contribution in [0, 0.1) is 11.8 Å². The number of aliphatic carboxylic acids is 1. The Morgan fingerprint density at radius 2 is 1.73 bits per heavy atom. The minimum Gasteiger partial charge on any atom is -0.480 e. The van der Waals surface area contributed by atoms with Crippen LogP contribution in [-0.4, -0.2) is 61.4 Å². The van der Waals surface area contributed by atoms with Gasteiger partial charge < -0.3 is 15.2 Å². The van der Waals surface area contributed by atoms with E-state index in [1.807, 2.05) is 0 Å². The second-order valence-electron chi connectivity index (χ2n) is 7.49. The summed E-state index contributed by atoms with van der Waals surface area (Å²) in [4.78, 5) is 35.4. The van der Waals surface area contributed by atoms with Crippen LogP contribution in [0.4, 0.5) is 0 Å². The van der Waals surface area contributed by atoms with E-state index in [9.17, 15) is 27.9 Å². The molecular formula is C20H28N2O7S. The van der Waals surface area contributed by atoms with E-state index in [0.29, 0.717) is 19.4 Å². The number of carbonyl (C=O) groups is 3. The van der Waals surface area contributed by atoms with E-state index in [1.54, 1.807) is 20.8 Å². The van der Waals surface area contributed by atoms with Crippen LogP contribution >= 0.6 is 0 Å². The Hall–Kier alpha value is -2.46. The van der Waals surface area contributed by atoms with Crippen molar-refractivity contribution in [2.75, 3.05) is 19.7 Å². The molecule has 1 aliphatic heterocycles. The van der Waals surface area contributed by atoms with Gasteiger partial charge in [0.25, 0.3) is 5.91 Å². The SMILES string of the molecule is CCOC(=O)C1CCN(S(=O)(=O)c2ccc(C(=O)N[C@H](C(=O)O)C(C)C)cc2)CC1. The molecule has 1 aromatic rings. The zero-order valence-electron chi connectivity index (χ0n) is 17.3. The molecule has 2 rings (SSSR count). The van der Waals surface area contributed by atoms with Crippen LogP contribution in [0.1, 0.15) is 44.0 Å². The van der Waals surface area contributed by atoms with Gasteiger partial charge in [-0.3, -0.25) is 9.59 Å². The molecule has 0 unspecified atom stereocenters. The summed E-state index contributed by atoms with van der Waals surface area (Å²) in [5.74, 6) is -2.63. The Labute approximate surface area is 176 Å². The highest BCUT2D eigenvalue weighted by molar-refractivity contribution is 7.89. The first kappa shape index (κ1) is 23.8. The highest BCUT2D eigenvalue weighted by atomic mass is 32.2. The Balaban J connectivity index is 2.05. The van der Waals surface area contributed by atoms with E-state index in [4.69, 9.17) is 4.74 Å². The smallest absolute Gasteiger partial charge is 0.326 e. The normalized spacial score (nSPS) is 16.8. The van der Waals surface area contributed by atoms with Gasteiger partial charge in [0, 0.05) is 18.7 Å². The minimum absolute atomic E-state index is 0.0345. The van der Waals surface area contributed by atoms with Crippen molar-refractivity contribution in [3.63, 3.8) is 0 Å². The van der Waals surface area contributed by atoms with Crippen LogP contribution in [0.5, 0.6) is 0 Å². The van der Waals surface area contributed by atoms with E-state index in [-0.39, 0.29) is 41.4 Å². The third-order valence-electron chi connectivity index (χ3n) is 5.05. The van der Waals surface area contributed by atoms with Gasteiger partial charge in [0.1, 0.15) is 6.04 Å². The van der Waals surface area contributed by atoms with E-state index < -0.39 is 27.9 Å². The molecule has 0 aliphatic carbocycles. The van der Waals surface area contributed by atoms with Crippen molar-refractivity contribution in [1.82, 2.24) is 9.62 Å². The second kappa shape index (κ2) is 10.0. The van der Waals surface area contributed by atoms with Gasteiger partial charge in [-0.15, -0.1) is 0 Å². The number of benzene rings is 1. The third kappa shape index (κ3) is 5.57. The number of rotatable bonds is 8. The number of amides is 1. The standard InChI is InChI=1S/C20H28N2O7S/c1-4-29-20(26)15-9-11-22(12-10-15)30(27,28)16-7-5-14(6-8-16)18(23)21-17(13(2)3)19(24)25/h5-8,13,15,17H,4,9-12H2,1-3H3,(H,21,23)(H,24,25)/t17-/m0/s1. The van der Waals surface area contributed by atoms with Gasteiger partial charge in [-0.05, 0) is 49.9 Å². The zero-order valence-corrected chi connectivity index (χ0v) is 18.1. The number of carboxylic acid groups (broad SMARTS) is 1. The molecule has 1 aromatic carbocycles. The largest absolute Gasteiger partial charge is 0.480 e. The molecule has 0 aromatic heterocycles. The van der Waals surface area contributed by atoms with Crippen LogP contribution in [0.25, 0.3) is 0 Å². The molecule has 10 heteroatoms. The van der Waals surface area contributed by atoms with Crippen molar-refractivity contribution in [3.05, 3.63) is 29.8 Å². The predicted octanol–water partition coefficient (Wildman–Crippen LogP) is 1.49. The molecular weight excluding hydrogens is 412 g/mol. The molecule has 0 bridgehead atoms. The summed E-state index contributed by atoms with van der Waals surface area (Å²) in [6.07, 6.45) is 0.786. The minimum atomic E-state index is -3.76. The molecule has 166 valence electrons. The summed E-state index contributed by atoms with van der Waals surface area (Å²) in [7, 11) is -3.76. The molecule has 0 spiro atoms. The Morgan fingerprint density at radius 1 is 1.17 bits per heavy atom. The average Bonchev–Trinajstić information content (AvgIpc) is 2.71. The predicted molar refractivity (Wildman–Crippen MR) is 108 cm³/mol. The maximum Gasteiger partial charge on any atom is 0.326 e. The molecule has 2 N–H and O–H groups in total. The van der Waals surface area contributed by atoms with Crippen LogP contribution in [0.2, 0.25) is 0 Å². The lowest BCUT2D eigenvalue weighted by Gasteiger charge is -2.30. The quantitative estimate of drug-likeness (QED) is 0.586. The summed E-state index contributed by atoms with van der Waals surface area (Å²) in [5.41, 5.74) is 0.168. The molecule has 0 saturated carbocycles. The number of piperidine rings is 1. The molecule has 9 nitrogen and oxygen atoms in total. The van der Waals surface area contributed by atoms with Gasteiger partial charge in [-0.2, -0.15) is 4.31 Å². The van der Waals surface area contributed by atoms with Gasteiger partial charge in [-0.1, -0.05) is 13.8 Å². The van der Waals surface area contributed by atoms with E-state index in [0.717, 1.165) is 0 Å². The molecule has 1 fully saturated rings. The maximum atomic E-state index is 12.9. The lowest BCUT2D eigenvalue weighted by atomic mass is 9.98. The van der Waals surface area contributed by atoms with Crippen molar-refractivity contribution >= 4 is 27.9 Å². The fraction of sp³-hybridized carbons (Fsp3) is 0.550. The first-order valence-corrected chi connectivity index (χ1v) is 11.3. The molecule has 1 saturated heterocycles. The summed E-state index contributed by atoms with van der Waals surface area (Å²) in [6, 6.07) is 4.32. The fourth-order valence-corrected chi connectivity index (χ4v) is 4.73. The number of hydrogen-bond donors (Lipinski definition) is 2. The number of ether oxygens (including phenoxy) is 1. The molecule has 0 radical (unpaired) electrons. The number of esters is 1. The van der Waals surface area contributed by atoms with Crippen LogP contribution in [0.15, 0.2) is 29.2 Å². The van der Waals surface area contributed by atoms with Gasteiger partial charge in [0.2, 0.25) is 10.0 Å². The van der Waals surface area contributed by atoms with Gasteiger partial charge >= 0.3 is 11.9 Å². The number of nitrogens with zero attached hydrogens (tertiary/aromatic N) is 1. The van der Waals surface area contributed by atoms with Crippen LogP contribution in [0.3, 0.4) is 0 Å². The molecule has 1 atom stereocenters. The second-order valence-corrected chi connectivity index (χ2v) is 9.43.